The molecule has 4 rings (SSSR count). The zero-order valence-electron chi connectivity index (χ0n) is 19.4. The summed E-state index contributed by atoms with van der Waals surface area (Å²) in [5.74, 6) is 0.556. The van der Waals surface area contributed by atoms with Gasteiger partial charge in [0.1, 0.15) is 23.0 Å². The Hall–Kier alpha value is -3.65. The minimum absolute atomic E-state index is 0.0514. The van der Waals surface area contributed by atoms with Gasteiger partial charge in [0.2, 0.25) is 16.0 Å². The van der Waals surface area contributed by atoms with Crippen molar-refractivity contribution in [3.63, 3.8) is 0 Å². The Labute approximate surface area is 214 Å². The molecule has 0 saturated carbocycles. The van der Waals surface area contributed by atoms with Crippen molar-refractivity contribution in [2.24, 2.45) is 0 Å². The molecule has 36 heavy (non-hydrogen) atoms. The number of benzene rings is 1. The van der Waals surface area contributed by atoms with Crippen LogP contribution in [-0.2, 0) is 16.4 Å². The van der Waals surface area contributed by atoms with Crippen LogP contribution in [0.1, 0.15) is 12.7 Å². The Kier molecular flexibility index (Phi) is 7.45. The van der Waals surface area contributed by atoms with Crippen LogP contribution in [0.15, 0.2) is 53.5 Å². The molecule has 0 bridgehead atoms. The molecule has 0 fully saturated rings. The van der Waals surface area contributed by atoms with E-state index in [1.807, 2.05) is 0 Å². The fraction of sp³-hybridized carbons (Fsp3) is 0.227. The van der Waals surface area contributed by atoms with Crippen LogP contribution in [0.3, 0.4) is 0 Å². The van der Waals surface area contributed by atoms with Gasteiger partial charge in [0.05, 0.1) is 31.9 Å². The zero-order chi connectivity index (χ0) is 25.9. The van der Waals surface area contributed by atoms with Crippen molar-refractivity contribution in [1.29, 1.82) is 0 Å². The number of hydrogen-bond acceptors (Lipinski definition) is 9. The third-order valence-electron chi connectivity index (χ3n) is 5.16. The summed E-state index contributed by atoms with van der Waals surface area (Å²) in [6, 6.07) is 6.91. The Bertz CT molecular complexity index is 1460. The fourth-order valence-electron chi connectivity index (χ4n) is 3.37. The lowest BCUT2D eigenvalue weighted by Crippen LogP contribution is -2.29. The first-order valence-electron chi connectivity index (χ1n) is 10.5. The molecule has 11 nitrogen and oxygen atoms in total. The van der Waals surface area contributed by atoms with Crippen molar-refractivity contribution < 1.29 is 22.3 Å². The Morgan fingerprint density at radius 3 is 2.36 bits per heavy atom. The number of sulfonamides is 1. The van der Waals surface area contributed by atoms with Crippen LogP contribution in [-0.4, -0.2) is 57.6 Å². The lowest BCUT2D eigenvalue weighted by Gasteiger charge is -2.19. The summed E-state index contributed by atoms with van der Waals surface area (Å²) >= 11 is 3.39. The highest BCUT2D eigenvalue weighted by Gasteiger charge is 2.28. The molecular weight excluding hydrogens is 557 g/mol. The molecule has 1 N–H and O–H groups in total. The largest absolute Gasteiger partial charge is 0.494 e. The van der Waals surface area contributed by atoms with E-state index in [2.05, 4.69) is 45.8 Å². The molecule has 3 heterocycles. The highest BCUT2D eigenvalue weighted by atomic mass is 79.9. The molecule has 3 aromatic heterocycles. The quantitative estimate of drug-likeness (QED) is 0.317. The normalized spacial score (nSPS) is 12.2. The maximum Gasteiger partial charge on any atom is 0.243 e. The minimum Gasteiger partial charge on any atom is -0.494 e. The molecule has 0 spiro atoms. The smallest absolute Gasteiger partial charge is 0.243 e. The van der Waals surface area contributed by atoms with E-state index in [1.165, 1.54) is 25.7 Å². The molecule has 0 aliphatic heterocycles. The first kappa shape index (κ1) is 25.4. The molecule has 0 aliphatic carbocycles. The molecular formula is C22H21BrFN7O4S. The van der Waals surface area contributed by atoms with E-state index in [0.29, 0.717) is 33.0 Å². The number of methoxy groups -OCH3 is 2. The van der Waals surface area contributed by atoms with Crippen LogP contribution in [0.4, 0.5) is 10.3 Å². The van der Waals surface area contributed by atoms with Gasteiger partial charge in [0.25, 0.3) is 0 Å². The van der Waals surface area contributed by atoms with E-state index in [0.717, 1.165) is 12.4 Å². The molecule has 188 valence electrons. The number of ether oxygens (including phenoxy) is 2. The van der Waals surface area contributed by atoms with E-state index in [9.17, 15) is 12.8 Å². The number of anilines is 1. The second-order valence-corrected chi connectivity index (χ2v) is 10.6. The second-order valence-electron chi connectivity index (χ2n) is 7.56. The average Bonchev–Trinajstić information content (AvgIpc) is 3.27. The summed E-state index contributed by atoms with van der Waals surface area (Å²) in [6.45, 7) is 1.48. The first-order chi connectivity index (χ1) is 17.2. The van der Waals surface area contributed by atoms with E-state index in [-0.39, 0.29) is 18.2 Å². The fourth-order valence-corrected chi connectivity index (χ4v) is 4.70. The lowest BCUT2D eigenvalue weighted by molar-refractivity contribution is 0.391. The summed E-state index contributed by atoms with van der Waals surface area (Å²) in [7, 11) is -1.05. The number of rotatable bonds is 9. The van der Waals surface area contributed by atoms with Gasteiger partial charge in [0.15, 0.2) is 11.6 Å². The number of aromatic nitrogens is 6. The molecule has 0 aliphatic rings. The summed E-state index contributed by atoms with van der Waals surface area (Å²) < 4.78 is 55.4. The Morgan fingerprint density at radius 2 is 1.75 bits per heavy atom. The van der Waals surface area contributed by atoms with Crippen LogP contribution in [0.5, 0.6) is 11.5 Å². The van der Waals surface area contributed by atoms with Crippen LogP contribution in [0, 0.1) is 5.82 Å². The Balaban J connectivity index is 1.81. The molecule has 14 heteroatoms. The van der Waals surface area contributed by atoms with Gasteiger partial charge in [-0.15, -0.1) is 10.2 Å². The van der Waals surface area contributed by atoms with Crippen molar-refractivity contribution in [1.82, 2.24) is 29.7 Å². The van der Waals surface area contributed by atoms with E-state index in [4.69, 9.17) is 9.47 Å². The zero-order valence-corrected chi connectivity index (χ0v) is 21.8. The predicted octanol–water partition coefficient (Wildman–Crippen LogP) is 3.41. The van der Waals surface area contributed by atoms with Crippen molar-refractivity contribution in [3.8, 4) is 28.6 Å². The van der Waals surface area contributed by atoms with Gasteiger partial charge in [-0.3, -0.25) is 14.3 Å². The number of halogens is 2. The van der Waals surface area contributed by atoms with Gasteiger partial charge < -0.3 is 9.47 Å². The first-order valence-corrected chi connectivity index (χ1v) is 12.8. The van der Waals surface area contributed by atoms with Gasteiger partial charge in [-0.25, -0.2) is 22.8 Å². The summed E-state index contributed by atoms with van der Waals surface area (Å²) in [5.41, 5.74) is 0.942. The van der Waals surface area contributed by atoms with Crippen LogP contribution in [0.25, 0.3) is 17.1 Å². The van der Waals surface area contributed by atoms with Crippen LogP contribution < -0.4 is 14.2 Å². The van der Waals surface area contributed by atoms with Crippen molar-refractivity contribution in [2.45, 2.75) is 18.6 Å². The topological polar surface area (TPSA) is 134 Å². The third kappa shape index (κ3) is 5.28. The second kappa shape index (κ2) is 10.5. The lowest BCUT2D eigenvalue weighted by atomic mass is 10.2. The third-order valence-corrected chi connectivity index (χ3v) is 7.29. The minimum atomic E-state index is -4.02. The number of nitrogens with zero attached hydrogens (tertiary/aromatic N) is 6. The predicted molar refractivity (Wildman–Crippen MR) is 133 cm³/mol. The molecule has 0 saturated heterocycles. The van der Waals surface area contributed by atoms with Crippen LogP contribution >= 0.6 is 15.9 Å². The summed E-state index contributed by atoms with van der Waals surface area (Å²) in [6.07, 6.45) is 5.09. The van der Waals surface area contributed by atoms with Crippen molar-refractivity contribution in [2.75, 3.05) is 18.9 Å². The highest BCUT2D eigenvalue weighted by molar-refractivity contribution is 9.10. The molecule has 1 aromatic carbocycles. The summed E-state index contributed by atoms with van der Waals surface area (Å²) in [4.78, 5) is 11.9. The molecule has 0 amide bonds. The monoisotopic (exact) mass is 577 g/mol. The van der Waals surface area contributed by atoms with Gasteiger partial charge in [-0.2, -0.15) is 0 Å². The highest BCUT2D eigenvalue weighted by Crippen LogP contribution is 2.38. The maximum absolute atomic E-state index is 13.3. The van der Waals surface area contributed by atoms with Gasteiger partial charge in [-0.05, 0) is 41.1 Å². The molecule has 4 aromatic rings. The number of para-hydroxylation sites is 1. The van der Waals surface area contributed by atoms with Gasteiger partial charge in [0, 0.05) is 28.9 Å². The number of pyridine rings is 1. The number of hydrogen-bond donors (Lipinski definition) is 1. The van der Waals surface area contributed by atoms with Crippen molar-refractivity contribution >= 4 is 31.9 Å². The molecule has 1 atom stereocenters. The van der Waals surface area contributed by atoms with E-state index in [1.54, 1.807) is 36.7 Å². The van der Waals surface area contributed by atoms with E-state index >= 15 is 0 Å². The number of nitrogens with one attached hydrogen (secondary N) is 1. The van der Waals surface area contributed by atoms with Crippen molar-refractivity contribution in [3.05, 3.63) is 65.2 Å². The standard InChI is InChI=1S/C22H21BrFN7O4S/c1-13(7-19-26-11-16(24)12-27-19)36(32,33)30-22-29-28-21(14-8-15(23)10-25-9-14)31(22)20-17(34-2)5-4-6-18(20)35-3/h4-6,8-13H,7H2,1-3H3,(H,29,30). The Morgan fingerprint density at radius 1 is 1.08 bits per heavy atom. The van der Waals surface area contributed by atoms with Crippen LogP contribution in [0.2, 0.25) is 0 Å². The molecule has 1 unspecified atom stereocenters. The van der Waals surface area contributed by atoms with Gasteiger partial charge >= 0.3 is 0 Å². The SMILES string of the molecule is COc1cccc(OC)c1-n1c(NS(=O)(=O)C(C)Cc2ncc(F)cn2)nnc1-c1cncc(Br)c1. The van der Waals surface area contributed by atoms with E-state index < -0.39 is 21.1 Å². The average molecular weight is 578 g/mol. The van der Waals surface area contributed by atoms with Gasteiger partial charge in [-0.1, -0.05) is 6.07 Å². The maximum atomic E-state index is 13.3. The molecule has 0 radical (unpaired) electrons. The summed E-state index contributed by atoms with van der Waals surface area (Å²) in [5, 5.41) is 7.38.